The Morgan fingerprint density at radius 2 is 1.88 bits per heavy atom. The topological polar surface area (TPSA) is 67.2 Å². The molecule has 3 aliphatic rings. The largest absolute Gasteiger partial charge is 0.353 e. The predicted molar refractivity (Wildman–Crippen MR) is 98.3 cm³/mol. The second kappa shape index (κ2) is 5.56. The summed E-state index contributed by atoms with van der Waals surface area (Å²) >= 11 is 0. The maximum absolute atomic E-state index is 13.0. The van der Waals surface area contributed by atoms with Crippen molar-refractivity contribution in [3.05, 3.63) is 28.6 Å². The molecule has 0 atom stereocenters. The molecule has 1 N–H and O–H groups in total. The summed E-state index contributed by atoms with van der Waals surface area (Å²) in [4.78, 5) is 31.1. The van der Waals surface area contributed by atoms with E-state index in [1.165, 1.54) is 42.4 Å². The third-order valence-electron chi connectivity index (χ3n) is 6.02. The molecule has 2 aliphatic carbocycles. The lowest BCUT2D eigenvalue weighted by Crippen LogP contribution is -2.50. The van der Waals surface area contributed by atoms with Crippen LogP contribution >= 0.6 is 0 Å². The van der Waals surface area contributed by atoms with Crippen LogP contribution in [0, 0.1) is 6.92 Å². The Labute approximate surface area is 152 Å². The minimum atomic E-state index is -0.146. The van der Waals surface area contributed by atoms with Crippen molar-refractivity contribution in [2.24, 2.45) is 7.05 Å². The standard InChI is InChI=1S/C20H24N4O2/c1-11-14(12-3-4-12)9-15(13-5-6-13)17-18(11)23(2)19(22-17)20(26)24-8-7-21-16(25)10-24/h9,12-13H,3-8,10H2,1-2H3,(H,21,25). The van der Waals surface area contributed by atoms with Gasteiger partial charge in [-0.15, -0.1) is 0 Å². The number of nitrogens with one attached hydrogen (secondary N) is 1. The first-order valence-electron chi connectivity index (χ1n) is 9.60. The number of hydrogen-bond donors (Lipinski definition) is 1. The molecule has 0 bridgehead atoms. The van der Waals surface area contributed by atoms with Gasteiger partial charge in [-0.25, -0.2) is 4.98 Å². The SMILES string of the molecule is Cc1c(C2CC2)cc(C2CC2)c2nc(C(=O)N3CCNC(=O)C3)n(C)c12. The third-order valence-corrected chi connectivity index (χ3v) is 6.02. The van der Waals surface area contributed by atoms with Gasteiger partial charge in [0.1, 0.15) is 6.54 Å². The minimum absolute atomic E-state index is 0.103. The van der Waals surface area contributed by atoms with Crippen molar-refractivity contribution in [2.45, 2.75) is 44.4 Å². The van der Waals surface area contributed by atoms with Crippen LogP contribution in [0.15, 0.2) is 6.07 Å². The molecular formula is C20H24N4O2. The summed E-state index contributed by atoms with van der Waals surface area (Å²) in [5.41, 5.74) is 6.11. The minimum Gasteiger partial charge on any atom is -0.353 e. The van der Waals surface area contributed by atoms with Gasteiger partial charge in [0.2, 0.25) is 5.91 Å². The molecule has 1 saturated heterocycles. The average molecular weight is 352 g/mol. The van der Waals surface area contributed by atoms with Crippen LogP contribution < -0.4 is 5.32 Å². The number of piperazine rings is 1. The van der Waals surface area contributed by atoms with Crippen molar-refractivity contribution in [1.29, 1.82) is 0 Å². The van der Waals surface area contributed by atoms with E-state index in [0.29, 0.717) is 30.7 Å². The monoisotopic (exact) mass is 352 g/mol. The fourth-order valence-corrected chi connectivity index (χ4v) is 4.28. The Balaban J connectivity index is 1.64. The number of benzene rings is 1. The Morgan fingerprint density at radius 3 is 2.54 bits per heavy atom. The smallest absolute Gasteiger partial charge is 0.290 e. The van der Waals surface area contributed by atoms with E-state index >= 15 is 0 Å². The fourth-order valence-electron chi connectivity index (χ4n) is 4.28. The molecule has 1 aromatic carbocycles. The Kier molecular flexibility index (Phi) is 3.39. The zero-order valence-corrected chi connectivity index (χ0v) is 15.3. The number of aryl methyl sites for hydroxylation is 2. The summed E-state index contributed by atoms with van der Waals surface area (Å²) in [6.07, 6.45) is 4.97. The molecule has 2 saturated carbocycles. The molecule has 136 valence electrons. The summed E-state index contributed by atoms with van der Waals surface area (Å²) in [5, 5.41) is 2.77. The first-order valence-corrected chi connectivity index (χ1v) is 9.60. The zero-order chi connectivity index (χ0) is 18.0. The number of imidazole rings is 1. The third kappa shape index (κ3) is 2.42. The molecule has 6 nitrogen and oxygen atoms in total. The number of carbonyl (C=O) groups is 2. The van der Waals surface area contributed by atoms with E-state index < -0.39 is 0 Å². The number of fused-ring (bicyclic) bond motifs is 1. The molecule has 2 amide bonds. The van der Waals surface area contributed by atoms with Crippen LogP contribution in [-0.2, 0) is 11.8 Å². The molecule has 1 aliphatic heterocycles. The lowest BCUT2D eigenvalue weighted by Gasteiger charge is -2.26. The van der Waals surface area contributed by atoms with Gasteiger partial charge in [0, 0.05) is 20.1 Å². The van der Waals surface area contributed by atoms with Gasteiger partial charge in [0.25, 0.3) is 5.91 Å². The van der Waals surface area contributed by atoms with Crippen LogP contribution in [0.3, 0.4) is 0 Å². The fraction of sp³-hybridized carbons (Fsp3) is 0.550. The molecular weight excluding hydrogens is 328 g/mol. The number of carbonyl (C=O) groups excluding carboxylic acids is 2. The van der Waals surface area contributed by atoms with E-state index in [2.05, 4.69) is 18.3 Å². The molecule has 3 fully saturated rings. The summed E-state index contributed by atoms with van der Waals surface area (Å²) in [7, 11) is 1.94. The predicted octanol–water partition coefficient (Wildman–Crippen LogP) is 2.21. The van der Waals surface area contributed by atoms with Crippen LogP contribution in [0.5, 0.6) is 0 Å². The van der Waals surface area contributed by atoms with Crippen LogP contribution in [0.1, 0.15) is 64.8 Å². The Morgan fingerprint density at radius 1 is 1.19 bits per heavy atom. The second-order valence-corrected chi connectivity index (χ2v) is 8.00. The van der Waals surface area contributed by atoms with E-state index in [-0.39, 0.29) is 18.4 Å². The van der Waals surface area contributed by atoms with Crippen LogP contribution in [0.2, 0.25) is 0 Å². The van der Waals surface area contributed by atoms with Gasteiger partial charge in [-0.1, -0.05) is 6.07 Å². The zero-order valence-electron chi connectivity index (χ0n) is 15.3. The van der Waals surface area contributed by atoms with Crippen LogP contribution in [-0.4, -0.2) is 45.9 Å². The Bertz CT molecular complexity index is 937. The lowest BCUT2D eigenvalue weighted by molar-refractivity contribution is -0.123. The number of amides is 2. The van der Waals surface area contributed by atoms with Crippen molar-refractivity contribution in [1.82, 2.24) is 19.8 Å². The van der Waals surface area contributed by atoms with Crippen molar-refractivity contribution in [2.75, 3.05) is 19.6 Å². The van der Waals surface area contributed by atoms with E-state index in [9.17, 15) is 9.59 Å². The number of hydrogen-bond acceptors (Lipinski definition) is 3. The molecule has 0 unspecified atom stereocenters. The van der Waals surface area contributed by atoms with Crippen molar-refractivity contribution in [3.63, 3.8) is 0 Å². The van der Waals surface area contributed by atoms with Crippen molar-refractivity contribution < 1.29 is 9.59 Å². The second-order valence-electron chi connectivity index (χ2n) is 8.00. The molecule has 2 heterocycles. The van der Waals surface area contributed by atoms with Gasteiger partial charge < -0.3 is 14.8 Å². The molecule has 2 aromatic rings. The van der Waals surface area contributed by atoms with Gasteiger partial charge in [-0.2, -0.15) is 0 Å². The molecule has 26 heavy (non-hydrogen) atoms. The van der Waals surface area contributed by atoms with Gasteiger partial charge in [0.15, 0.2) is 5.82 Å². The van der Waals surface area contributed by atoms with Crippen molar-refractivity contribution in [3.8, 4) is 0 Å². The maximum Gasteiger partial charge on any atom is 0.290 e. The summed E-state index contributed by atoms with van der Waals surface area (Å²) < 4.78 is 1.96. The number of rotatable bonds is 3. The highest BCUT2D eigenvalue weighted by Gasteiger charge is 2.34. The van der Waals surface area contributed by atoms with E-state index in [1.54, 1.807) is 4.90 Å². The van der Waals surface area contributed by atoms with Gasteiger partial charge >= 0.3 is 0 Å². The van der Waals surface area contributed by atoms with E-state index in [1.807, 2.05) is 11.6 Å². The molecule has 6 heteroatoms. The number of aromatic nitrogens is 2. The normalized spacial score (nSPS) is 20.5. The lowest BCUT2D eigenvalue weighted by atomic mass is 9.96. The van der Waals surface area contributed by atoms with Crippen LogP contribution in [0.4, 0.5) is 0 Å². The highest BCUT2D eigenvalue weighted by atomic mass is 16.2. The number of nitrogens with zero attached hydrogens (tertiary/aromatic N) is 3. The molecule has 1 aromatic heterocycles. The summed E-state index contributed by atoms with van der Waals surface area (Å²) in [6.45, 7) is 3.32. The molecule has 5 rings (SSSR count). The maximum atomic E-state index is 13.0. The Hall–Kier alpha value is -2.37. The van der Waals surface area contributed by atoms with Gasteiger partial charge in [-0.05, 0) is 61.1 Å². The summed E-state index contributed by atoms with van der Waals surface area (Å²) in [6, 6.07) is 2.36. The first-order chi connectivity index (χ1) is 12.5. The van der Waals surface area contributed by atoms with Crippen molar-refractivity contribution >= 4 is 22.8 Å². The van der Waals surface area contributed by atoms with E-state index in [0.717, 1.165) is 11.0 Å². The highest BCUT2D eigenvalue weighted by molar-refractivity contribution is 5.98. The first kappa shape index (κ1) is 15.9. The quantitative estimate of drug-likeness (QED) is 0.921. The highest BCUT2D eigenvalue weighted by Crippen LogP contribution is 2.49. The molecule has 0 radical (unpaired) electrons. The average Bonchev–Trinajstić information content (AvgIpc) is 3.52. The van der Waals surface area contributed by atoms with E-state index in [4.69, 9.17) is 4.98 Å². The van der Waals surface area contributed by atoms with Crippen LogP contribution in [0.25, 0.3) is 11.0 Å². The molecule has 0 spiro atoms. The van der Waals surface area contributed by atoms with Gasteiger partial charge in [-0.3, -0.25) is 9.59 Å². The van der Waals surface area contributed by atoms with Gasteiger partial charge in [0.05, 0.1) is 11.0 Å². The summed E-state index contributed by atoms with van der Waals surface area (Å²) in [5.74, 6) is 1.47.